The average molecular weight is 397 g/mol. The molecule has 1 atom stereocenters. The molecule has 3 nitrogen and oxygen atoms in total. The molecule has 0 amide bonds. The van der Waals surface area contributed by atoms with Gasteiger partial charge in [0.15, 0.2) is 0 Å². The van der Waals surface area contributed by atoms with Gasteiger partial charge in [0, 0.05) is 36.6 Å². The summed E-state index contributed by atoms with van der Waals surface area (Å²) in [7, 11) is 0. The normalized spacial score (nSPS) is 16.1. The molecule has 24 heavy (non-hydrogen) atoms. The van der Waals surface area contributed by atoms with Gasteiger partial charge in [0.05, 0.1) is 6.04 Å². The van der Waals surface area contributed by atoms with E-state index in [2.05, 4.69) is 16.3 Å². The van der Waals surface area contributed by atoms with E-state index in [-0.39, 0.29) is 36.6 Å². The van der Waals surface area contributed by atoms with Gasteiger partial charge in [-0.15, -0.1) is 36.2 Å². The Bertz CT molecular complexity index is 596. The number of nitrogens with zero attached hydrogens (tertiary/aromatic N) is 1. The van der Waals surface area contributed by atoms with Gasteiger partial charge in [-0.3, -0.25) is 4.90 Å². The standard InChI is InChI=1S/C16H18F2N2OS.2ClH/c17-16(18)21-13-5-2-1-4-12(13)15(14-6-3-11-22-14)20-9-7-19-8-10-20;;/h1-6,11,15-16,19H,7-10H2;2*1H/t15-;;/m1../s1. The van der Waals surface area contributed by atoms with E-state index in [1.807, 2.05) is 23.6 Å². The van der Waals surface area contributed by atoms with Gasteiger partial charge in [-0.05, 0) is 17.5 Å². The minimum atomic E-state index is -2.81. The molecule has 0 saturated carbocycles. The lowest BCUT2D eigenvalue weighted by Gasteiger charge is -2.35. The van der Waals surface area contributed by atoms with Crippen LogP contribution in [0.5, 0.6) is 5.75 Å². The third kappa shape index (κ3) is 5.04. The fourth-order valence-electron chi connectivity index (χ4n) is 2.83. The van der Waals surface area contributed by atoms with E-state index in [1.54, 1.807) is 23.5 Å². The Kier molecular flexibility index (Phi) is 8.94. The first-order valence-electron chi connectivity index (χ1n) is 7.27. The van der Waals surface area contributed by atoms with E-state index >= 15 is 0 Å². The molecule has 1 aliphatic heterocycles. The summed E-state index contributed by atoms with van der Waals surface area (Å²) in [6.07, 6.45) is 0. The van der Waals surface area contributed by atoms with Crippen LogP contribution >= 0.6 is 36.2 Å². The Hall–Kier alpha value is -0.920. The number of ether oxygens (including phenoxy) is 1. The predicted octanol–water partition coefficient (Wildman–Crippen LogP) is 4.19. The molecule has 3 rings (SSSR count). The largest absolute Gasteiger partial charge is 0.434 e. The first-order valence-corrected chi connectivity index (χ1v) is 8.15. The quantitative estimate of drug-likeness (QED) is 0.819. The molecule has 2 aromatic rings. The highest BCUT2D eigenvalue weighted by Crippen LogP contribution is 2.37. The number of halogens is 4. The molecule has 0 unspecified atom stereocenters. The average Bonchev–Trinajstić information content (AvgIpc) is 3.04. The maximum absolute atomic E-state index is 12.7. The molecule has 1 fully saturated rings. The molecular formula is C16H20Cl2F2N2OS. The predicted molar refractivity (Wildman–Crippen MR) is 98.2 cm³/mol. The minimum absolute atomic E-state index is 0. The topological polar surface area (TPSA) is 24.5 Å². The zero-order chi connectivity index (χ0) is 15.4. The highest BCUT2D eigenvalue weighted by atomic mass is 35.5. The second-order valence-corrected chi connectivity index (χ2v) is 6.10. The lowest BCUT2D eigenvalue weighted by atomic mass is 10.0. The Labute approximate surface area is 156 Å². The van der Waals surface area contributed by atoms with Crippen LogP contribution < -0.4 is 10.1 Å². The highest BCUT2D eigenvalue weighted by molar-refractivity contribution is 7.10. The summed E-state index contributed by atoms with van der Waals surface area (Å²) in [4.78, 5) is 3.46. The van der Waals surface area contributed by atoms with Crippen molar-refractivity contribution >= 4 is 36.2 Å². The number of hydrogen-bond donors (Lipinski definition) is 1. The number of thiophene rings is 1. The Morgan fingerprint density at radius 1 is 1.04 bits per heavy atom. The number of nitrogens with one attached hydrogen (secondary N) is 1. The second-order valence-electron chi connectivity index (χ2n) is 5.12. The molecule has 1 saturated heterocycles. The number of hydrogen-bond acceptors (Lipinski definition) is 4. The highest BCUT2D eigenvalue weighted by Gasteiger charge is 2.27. The van der Waals surface area contributed by atoms with Crippen LogP contribution in [0.1, 0.15) is 16.5 Å². The molecule has 0 radical (unpaired) electrons. The smallest absolute Gasteiger partial charge is 0.387 e. The van der Waals surface area contributed by atoms with Crippen LogP contribution in [0.4, 0.5) is 8.78 Å². The molecular weight excluding hydrogens is 377 g/mol. The Balaban J connectivity index is 0.00000144. The molecule has 0 aliphatic carbocycles. The number of para-hydroxylation sites is 1. The zero-order valence-electron chi connectivity index (χ0n) is 12.9. The fraction of sp³-hybridized carbons (Fsp3) is 0.375. The van der Waals surface area contributed by atoms with Gasteiger partial charge >= 0.3 is 6.61 Å². The van der Waals surface area contributed by atoms with E-state index in [0.29, 0.717) is 0 Å². The van der Waals surface area contributed by atoms with Gasteiger partial charge in [-0.2, -0.15) is 8.78 Å². The maximum Gasteiger partial charge on any atom is 0.387 e. The number of rotatable bonds is 5. The van der Waals surface area contributed by atoms with Crippen LogP contribution in [0.2, 0.25) is 0 Å². The van der Waals surface area contributed by atoms with E-state index in [9.17, 15) is 8.78 Å². The fourth-order valence-corrected chi connectivity index (χ4v) is 3.70. The third-order valence-electron chi connectivity index (χ3n) is 3.76. The minimum Gasteiger partial charge on any atom is -0.434 e. The second kappa shape index (κ2) is 10.2. The van der Waals surface area contributed by atoms with Crippen molar-refractivity contribution in [2.75, 3.05) is 26.2 Å². The van der Waals surface area contributed by atoms with Crippen molar-refractivity contribution in [2.45, 2.75) is 12.7 Å². The number of alkyl halides is 2. The van der Waals surface area contributed by atoms with Crippen molar-refractivity contribution in [3.63, 3.8) is 0 Å². The SMILES string of the molecule is Cl.Cl.FC(F)Oc1ccccc1[C@H](c1cccs1)N1CCNCC1. The van der Waals surface area contributed by atoms with Crippen LogP contribution in [0, 0.1) is 0 Å². The first kappa shape index (κ1) is 21.1. The molecule has 8 heteroatoms. The third-order valence-corrected chi connectivity index (χ3v) is 4.68. The van der Waals surface area contributed by atoms with Crippen LogP contribution in [-0.4, -0.2) is 37.7 Å². The molecule has 0 spiro atoms. The van der Waals surface area contributed by atoms with Crippen molar-refractivity contribution in [3.8, 4) is 5.75 Å². The van der Waals surface area contributed by atoms with Crippen molar-refractivity contribution < 1.29 is 13.5 Å². The first-order chi connectivity index (χ1) is 10.8. The van der Waals surface area contributed by atoms with Gasteiger partial charge in [-0.1, -0.05) is 24.3 Å². The van der Waals surface area contributed by atoms with Gasteiger partial charge in [0.2, 0.25) is 0 Å². The molecule has 0 bridgehead atoms. The summed E-state index contributed by atoms with van der Waals surface area (Å²) >= 11 is 1.64. The Morgan fingerprint density at radius 2 is 1.75 bits per heavy atom. The van der Waals surface area contributed by atoms with Crippen molar-refractivity contribution in [1.29, 1.82) is 0 Å². The van der Waals surface area contributed by atoms with Gasteiger partial charge in [0.1, 0.15) is 5.75 Å². The van der Waals surface area contributed by atoms with Crippen LogP contribution in [0.15, 0.2) is 41.8 Å². The maximum atomic E-state index is 12.7. The summed E-state index contributed by atoms with van der Waals surface area (Å²) < 4.78 is 30.2. The zero-order valence-corrected chi connectivity index (χ0v) is 15.3. The van der Waals surface area contributed by atoms with Crippen molar-refractivity contribution in [2.24, 2.45) is 0 Å². The van der Waals surface area contributed by atoms with Crippen LogP contribution in [0.3, 0.4) is 0 Å². The summed E-state index contributed by atoms with van der Waals surface area (Å²) in [5.74, 6) is 0.259. The monoisotopic (exact) mass is 396 g/mol. The summed E-state index contributed by atoms with van der Waals surface area (Å²) in [5, 5.41) is 5.34. The van der Waals surface area contributed by atoms with Gasteiger partial charge in [0.25, 0.3) is 0 Å². The summed E-state index contributed by atoms with van der Waals surface area (Å²) in [6.45, 7) is 0.754. The molecule has 134 valence electrons. The van der Waals surface area contributed by atoms with Crippen molar-refractivity contribution in [3.05, 3.63) is 52.2 Å². The Morgan fingerprint density at radius 3 is 2.38 bits per heavy atom. The lowest BCUT2D eigenvalue weighted by Crippen LogP contribution is -2.45. The van der Waals surface area contributed by atoms with E-state index in [0.717, 1.165) is 36.6 Å². The van der Waals surface area contributed by atoms with E-state index < -0.39 is 6.61 Å². The van der Waals surface area contributed by atoms with Crippen LogP contribution in [0.25, 0.3) is 0 Å². The van der Waals surface area contributed by atoms with E-state index in [4.69, 9.17) is 4.74 Å². The van der Waals surface area contributed by atoms with Crippen LogP contribution in [-0.2, 0) is 0 Å². The van der Waals surface area contributed by atoms with Gasteiger partial charge in [-0.25, -0.2) is 0 Å². The summed E-state index contributed by atoms with van der Waals surface area (Å²) in [5.41, 5.74) is 0.798. The molecule has 2 heterocycles. The van der Waals surface area contributed by atoms with E-state index in [1.165, 1.54) is 0 Å². The molecule has 1 aromatic carbocycles. The lowest BCUT2D eigenvalue weighted by molar-refractivity contribution is -0.0510. The molecule has 1 aliphatic rings. The molecule has 1 N–H and O–H groups in total. The molecule has 1 aromatic heterocycles. The summed E-state index contributed by atoms with van der Waals surface area (Å²) in [6, 6.07) is 11.1. The number of piperazine rings is 1. The van der Waals surface area contributed by atoms with Crippen molar-refractivity contribution in [1.82, 2.24) is 10.2 Å². The number of benzene rings is 1. The van der Waals surface area contributed by atoms with Gasteiger partial charge < -0.3 is 10.1 Å².